The lowest BCUT2D eigenvalue weighted by Crippen LogP contribution is -2.25. The predicted molar refractivity (Wildman–Crippen MR) is 31.9 cm³/mol. The Kier molecular flexibility index (Phi) is 2.70. The van der Waals surface area contributed by atoms with Crippen molar-refractivity contribution in [1.29, 1.82) is 0 Å². The van der Waals surface area contributed by atoms with Crippen molar-refractivity contribution >= 4 is 0 Å². The molecule has 0 bridgehead atoms. The maximum atomic E-state index is 12.0. The zero-order chi connectivity index (χ0) is 8.43. The second-order valence-corrected chi connectivity index (χ2v) is 2.65. The molecule has 1 heterocycles. The molecule has 0 spiro atoms. The number of halogens is 4. The summed E-state index contributed by atoms with van der Waals surface area (Å²) >= 11 is 0. The summed E-state index contributed by atoms with van der Waals surface area (Å²) in [5, 5.41) is 2.53. The fraction of sp³-hybridized carbons (Fsp3) is 1.00. The lowest BCUT2D eigenvalue weighted by Gasteiger charge is -2.15. The van der Waals surface area contributed by atoms with Crippen LogP contribution in [0.1, 0.15) is 0 Å². The molecule has 1 saturated heterocycles. The fourth-order valence-corrected chi connectivity index (χ4v) is 1.27. The first-order valence-corrected chi connectivity index (χ1v) is 3.40. The minimum absolute atomic E-state index is 0.00662. The molecule has 0 unspecified atom stereocenters. The molecule has 0 aliphatic carbocycles. The molecule has 2 atom stereocenters. The van der Waals surface area contributed by atoms with Gasteiger partial charge in [-0.25, -0.2) is 17.6 Å². The van der Waals surface area contributed by atoms with Crippen molar-refractivity contribution in [2.24, 2.45) is 11.8 Å². The molecule has 0 aromatic heterocycles. The van der Waals surface area contributed by atoms with E-state index in [0.29, 0.717) is 0 Å². The van der Waals surface area contributed by atoms with Crippen molar-refractivity contribution in [2.75, 3.05) is 13.1 Å². The third kappa shape index (κ3) is 1.83. The third-order valence-electron chi connectivity index (χ3n) is 1.96. The summed E-state index contributed by atoms with van der Waals surface area (Å²) < 4.78 is 47.9. The molecule has 0 aromatic rings. The van der Waals surface area contributed by atoms with Crippen molar-refractivity contribution in [3.63, 3.8) is 0 Å². The van der Waals surface area contributed by atoms with Crippen LogP contribution in [0, 0.1) is 11.8 Å². The molecule has 0 aromatic carbocycles. The lowest BCUT2D eigenvalue weighted by molar-refractivity contribution is -0.00152. The number of hydrogen-bond acceptors (Lipinski definition) is 1. The predicted octanol–water partition coefficient (Wildman–Crippen LogP) is 1.35. The molecule has 1 aliphatic heterocycles. The van der Waals surface area contributed by atoms with Crippen molar-refractivity contribution in [3.8, 4) is 0 Å². The summed E-state index contributed by atoms with van der Waals surface area (Å²) in [6.45, 7) is 0.0132. The molecule has 66 valence electrons. The number of hydrogen-bond donors (Lipinski definition) is 1. The highest BCUT2D eigenvalue weighted by Gasteiger charge is 2.39. The van der Waals surface area contributed by atoms with Crippen LogP contribution < -0.4 is 5.32 Å². The van der Waals surface area contributed by atoms with E-state index < -0.39 is 24.7 Å². The summed E-state index contributed by atoms with van der Waals surface area (Å²) in [6, 6.07) is 0. The molecule has 0 radical (unpaired) electrons. The summed E-state index contributed by atoms with van der Waals surface area (Å²) in [7, 11) is 0. The Morgan fingerprint density at radius 3 is 1.55 bits per heavy atom. The lowest BCUT2D eigenvalue weighted by atomic mass is 9.97. The van der Waals surface area contributed by atoms with Crippen molar-refractivity contribution < 1.29 is 17.6 Å². The van der Waals surface area contributed by atoms with Crippen LogP contribution in [0.4, 0.5) is 17.6 Å². The van der Waals surface area contributed by atoms with E-state index in [1.54, 1.807) is 0 Å². The second-order valence-electron chi connectivity index (χ2n) is 2.65. The first kappa shape index (κ1) is 8.77. The minimum atomic E-state index is -2.64. The third-order valence-corrected chi connectivity index (χ3v) is 1.96. The SMILES string of the molecule is FC(F)[C@H]1CNC[C@@H]1C(F)F. The highest BCUT2D eigenvalue weighted by Crippen LogP contribution is 2.28. The van der Waals surface area contributed by atoms with Gasteiger partial charge in [-0.2, -0.15) is 0 Å². The largest absolute Gasteiger partial charge is 0.316 e. The number of alkyl halides is 4. The molecule has 1 N–H and O–H groups in total. The van der Waals surface area contributed by atoms with Crippen LogP contribution in [0.2, 0.25) is 0 Å². The molecule has 5 heteroatoms. The van der Waals surface area contributed by atoms with Crippen LogP contribution in [0.3, 0.4) is 0 Å². The van der Waals surface area contributed by atoms with E-state index in [1.165, 1.54) is 0 Å². The van der Waals surface area contributed by atoms with E-state index in [0.717, 1.165) is 0 Å². The Morgan fingerprint density at radius 1 is 0.909 bits per heavy atom. The zero-order valence-electron chi connectivity index (χ0n) is 5.74. The summed E-state index contributed by atoms with van der Waals surface area (Å²) in [6.07, 6.45) is -5.27. The van der Waals surface area contributed by atoms with Gasteiger partial charge in [-0.1, -0.05) is 0 Å². The molecule has 1 nitrogen and oxygen atoms in total. The standard InChI is InChI=1S/C6H9F4N/c7-5(8)3-1-11-2-4(3)6(9)10/h3-6,11H,1-2H2/t3-,4-/m0/s1. The fourth-order valence-electron chi connectivity index (χ4n) is 1.27. The quantitative estimate of drug-likeness (QED) is 0.618. The summed E-state index contributed by atoms with van der Waals surface area (Å²) in [5.74, 6) is -2.34. The van der Waals surface area contributed by atoms with Gasteiger partial charge < -0.3 is 5.32 Å². The Hall–Kier alpha value is -0.320. The van der Waals surface area contributed by atoms with Crippen molar-refractivity contribution in [3.05, 3.63) is 0 Å². The van der Waals surface area contributed by atoms with Gasteiger partial charge >= 0.3 is 0 Å². The van der Waals surface area contributed by atoms with Crippen LogP contribution >= 0.6 is 0 Å². The van der Waals surface area contributed by atoms with Gasteiger partial charge in [-0.3, -0.25) is 0 Å². The van der Waals surface area contributed by atoms with E-state index in [-0.39, 0.29) is 13.1 Å². The Balaban J connectivity index is 2.51. The highest BCUT2D eigenvalue weighted by molar-refractivity contribution is 4.83. The molecule has 0 amide bonds. The molecule has 1 rings (SSSR count). The Morgan fingerprint density at radius 2 is 1.27 bits per heavy atom. The van der Waals surface area contributed by atoms with Gasteiger partial charge in [-0.15, -0.1) is 0 Å². The Bertz CT molecular complexity index is 114. The maximum absolute atomic E-state index is 12.0. The Labute approximate surface area is 61.8 Å². The van der Waals surface area contributed by atoms with Crippen LogP contribution in [-0.2, 0) is 0 Å². The number of nitrogens with one attached hydrogen (secondary N) is 1. The molecule has 0 saturated carbocycles. The normalized spacial score (nSPS) is 32.2. The first-order valence-electron chi connectivity index (χ1n) is 3.40. The molecular formula is C6H9F4N. The summed E-state index contributed by atoms with van der Waals surface area (Å²) in [5.41, 5.74) is 0. The van der Waals surface area contributed by atoms with E-state index in [2.05, 4.69) is 5.32 Å². The average molecular weight is 171 g/mol. The van der Waals surface area contributed by atoms with Crippen LogP contribution in [0.5, 0.6) is 0 Å². The van der Waals surface area contributed by atoms with Gasteiger partial charge in [0.1, 0.15) is 0 Å². The van der Waals surface area contributed by atoms with Gasteiger partial charge in [0.2, 0.25) is 12.9 Å². The van der Waals surface area contributed by atoms with Crippen LogP contribution in [-0.4, -0.2) is 25.9 Å². The van der Waals surface area contributed by atoms with Crippen molar-refractivity contribution in [2.45, 2.75) is 12.9 Å². The van der Waals surface area contributed by atoms with Gasteiger partial charge in [0.25, 0.3) is 0 Å². The smallest absolute Gasteiger partial charge is 0.243 e. The molecule has 1 aliphatic rings. The maximum Gasteiger partial charge on any atom is 0.243 e. The zero-order valence-corrected chi connectivity index (χ0v) is 5.74. The molecular weight excluding hydrogens is 162 g/mol. The minimum Gasteiger partial charge on any atom is -0.316 e. The van der Waals surface area contributed by atoms with Crippen LogP contribution in [0.15, 0.2) is 0 Å². The molecule has 1 fully saturated rings. The summed E-state index contributed by atoms with van der Waals surface area (Å²) in [4.78, 5) is 0. The van der Waals surface area contributed by atoms with Crippen LogP contribution in [0.25, 0.3) is 0 Å². The van der Waals surface area contributed by atoms with Gasteiger partial charge in [0, 0.05) is 24.9 Å². The molecule has 11 heavy (non-hydrogen) atoms. The van der Waals surface area contributed by atoms with E-state index >= 15 is 0 Å². The van der Waals surface area contributed by atoms with E-state index in [9.17, 15) is 17.6 Å². The van der Waals surface area contributed by atoms with E-state index in [4.69, 9.17) is 0 Å². The van der Waals surface area contributed by atoms with Gasteiger partial charge in [0.15, 0.2) is 0 Å². The average Bonchev–Trinajstić information content (AvgIpc) is 2.32. The monoisotopic (exact) mass is 171 g/mol. The van der Waals surface area contributed by atoms with E-state index in [1.807, 2.05) is 0 Å². The second kappa shape index (κ2) is 3.38. The van der Waals surface area contributed by atoms with Gasteiger partial charge in [0.05, 0.1) is 0 Å². The highest BCUT2D eigenvalue weighted by atomic mass is 19.3. The number of rotatable bonds is 2. The van der Waals surface area contributed by atoms with Crippen molar-refractivity contribution in [1.82, 2.24) is 5.32 Å². The topological polar surface area (TPSA) is 12.0 Å². The van der Waals surface area contributed by atoms with Gasteiger partial charge in [-0.05, 0) is 0 Å². The first-order chi connectivity index (χ1) is 5.13.